The van der Waals surface area contributed by atoms with Crippen LogP contribution in [-0.2, 0) is 4.79 Å². The molecule has 1 saturated heterocycles. The Morgan fingerprint density at radius 1 is 1.30 bits per heavy atom. The van der Waals surface area contributed by atoms with Crippen molar-refractivity contribution in [2.75, 3.05) is 49.1 Å². The van der Waals surface area contributed by atoms with Crippen LogP contribution in [0.3, 0.4) is 0 Å². The molecule has 1 aromatic carbocycles. The smallest absolute Gasteiger partial charge is 0.230 e. The summed E-state index contributed by atoms with van der Waals surface area (Å²) in [6.45, 7) is 6.86. The van der Waals surface area contributed by atoms with Crippen molar-refractivity contribution >= 4 is 23.4 Å². The first-order chi connectivity index (χ1) is 11.2. The highest BCUT2D eigenvalue weighted by Crippen LogP contribution is 2.16. The van der Waals surface area contributed by atoms with Gasteiger partial charge in [-0.25, -0.2) is 0 Å². The highest BCUT2D eigenvalue weighted by atomic mass is 32.2. The lowest BCUT2D eigenvalue weighted by atomic mass is 10.2. The Bertz CT molecular complexity index is 523. The zero-order chi connectivity index (χ0) is 16.5. The first-order valence-corrected chi connectivity index (χ1v) is 9.11. The quantitative estimate of drug-likeness (QED) is 0.768. The van der Waals surface area contributed by atoms with Crippen molar-refractivity contribution in [2.45, 2.75) is 13.0 Å². The van der Waals surface area contributed by atoms with E-state index in [1.165, 1.54) is 17.4 Å². The van der Waals surface area contributed by atoms with Crippen LogP contribution >= 0.6 is 11.8 Å². The van der Waals surface area contributed by atoms with E-state index < -0.39 is 0 Å². The van der Waals surface area contributed by atoms with Gasteiger partial charge in [-0.1, -0.05) is 18.2 Å². The Kier molecular flexibility index (Phi) is 7.24. The average molecular weight is 332 g/mol. The molecular formula is C17H24N4OS. The number of nitrogens with one attached hydrogen (secondary N) is 1. The Hall–Kier alpha value is -1.71. The van der Waals surface area contributed by atoms with Gasteiger partial charge in [-0.3, -0.25) is 9.69 Å². The highest BCUT2D eigenvalue weighted by molar-refractivity contribution is 8.00. The van der Waals surface area contributed by atoms with Gasteiger partial charge in [0, 0.05) is 44.5 Å². The maximum absolute atomic E-state index is 11.7. The van der Waals surface area contributed by atoms with E-state index in [4.69, 9.17) is 5.26 Å². The van der Waals surface area contributed by atoms with Gasteiger partial charge in [0.1, 0.15) is 0 Å². The van der Waals surface area contributed by atoms with Crippen molar-refractivity contribution in [1.82, 2.24) is 10.2 Å². The number of carbonyl (C=O) groups is 1. The van der Waals surface area contributed by atoms with E-state index >= 15 is 0 Å². The number of carbonyl (C=O) groups excluding carboxylic acids is 1. The van der Waals surface area contributed by atoms with Crippen LogP contribution in [-0.4, -0.2) is 61.1 Å². The van der Waals surface area contributed by atoms with Gasteiger partial charge in [0.25, 0.3) is 0 Å². The highest BCUT2D eigenvalue weighted by Gasteiger charge is 2.21. The van der Waals surface area contributed by atoms with Crippen molar-refractivity contribution in [1.29, 1.82) is 5.26 Å². The molecule has 1 aliphatic heterocycles. The van der Waals surface area contributed by atoms with Gasteiger partial charge in [-0.05, 0) is 19.1 Å². The van der Waals surface area contributed by atoms with Crippen LogP contribution in [0.25, 0.3) is 0 Å². The van der Waals surface area contributed by atoms with Crippen molar-refractivity contribution in [3.63, 3.8) is 0 Å². The van der Waals surface area contributed by atoms with E-state index in [2.05, 4.69) is 46.3 Å². The second-order valence-corrected chi connectivity index (χ2v) is 6.65. The molecule has 2 rings (SSSR count). The predicted octanol–water partition coefficient (Wildman–Crippen LogP) is 1.57. The molecule has 1 aliphatic rings. The Balaban J connectivity index is 1.68. The average Bonchev–Trinajstić information content (AvgIpc) is 2.61. The Morgan fingerprint density at radius 2 is 2.00 bits per heavy atom. The number of para-hydroxylation sites is 1. The maximum Gasteiger partial charge on any atom is 0.230 e. The summed E-state index contributed by atoms with van der Waals surface area (Å²) in [5.41, 5.74) is 1.28. The van der Waals surface area contributed by atoms with Crippen molar-refractivity contribution in [3.05, 3.63) is 30.3 Å². The lowest BCUT2D eigenvalue weighted by Crippen LogP contribution is -2.52. The summed E-state index contributed by atoms with van der Waals surface area (Å²) in [5.74, 6) is 0.743. The SMILES string of the molecule is CC(CNC(=O)CSCC#N)N1CCN(c2ccccc2)CC1. The van der Waals surface area contributed by atoms with Crippen molar-refractivity contribution in [3.8, 4) is 6.07 Å². The molecule has 5 nitrogen and oxygen atoms in total. The van der Waals surface area contributed by atoms with Crippen molar-refractivity contribution in [2.24, 2.45) is 0 Å². The molecule has 0 radical (unpaired) electrons. The fourth-order valence-corrected chi connectivity index (χ4v) is 3.17. The number of thioether (sulfide) groups is 1. The van der Waals surface area contributed by atoms with Gasteiger partial charge in [0.2, 0.25) is 5.91 Å². The largest absolute Gasteiger partial charge is 0.369 e. The number of benzene rings is 1. The number of nitriles is 1. The molecule has 23 heavy (non-hydrogen) atoms. The lowest BCUT2D eigenvalue weighted by Gasteiger charge is -2.39. The molecule has 1 atom stereocenters. The number of piperazine rings is 1. The Labute approximate surface area is 142 Å². The summed E-state index contributed by atoms with van der Waals surface area (Å²) in [4.78, 5) is 16.5. The minimum Gasteiger partial charge on any atom is -0.369 e. The van der Waals surface area contributed by atoms with Crippen LogP contribution in [0.1, 0.15) is 6.92 Å². The lowest BCUT2D eigenvalue weighted by molar-refractivity contribution is -0.118. The monoisotopic (exact) mass is 332 g/mol. The van der Waals surface area contributed by atoms with E-state index in [1.807, 2.05) is 12.1 Å². The third-order valence-corrected chi connectivity index (χ3v) is 4.85. The number of hydrogen-bond acceptors (Lipinski definition) is 5. The summed E-state index contributed by atoms with van der Waals surface area (Å²) in [7, 11) is 0. The molecule has 0 aliphatic carbocycles. The normalized spacial score (nSPS) is 16.6. The molecule has 1 unspecified atom stereocenters. The molecular weight excluding hydrogens is 308 g/mol. The van der Waals surface area contributed by atoms with Crippen LogP contribution in [0.15, 0.2) is 30.3 Å². The van der Waals surface area contributed by atoms with Gasteiger partial charge in [-0.15, -0.1) is 11.8 Å². The van der Waals surface area contributed by atoms with E-state index in [-0.39, 0.29) is 5.91 Å². The Morgan fingerprint density at radius 3 is 2.65 bits per heavy atom. The molecule has 6 heteroatoms. The molecule has 1 aromatic rings. The van der Waals surface area contributed by atoms with Crippen LogP contribution in [0.5, 0.6) is 0 Å². The van der Waals surface area contributed by atoms with Gasteiger partial charge in [-0.2, -0.15) is 5.26 Å². The van der Waals surface area contributed by atoms with Crippen LogP contribution in [0.4, 0.5) is 5.69 Å². The standard InChI is InChI=1S/C17H24N4OS/c1-15(13-19-17(22)14-23-12-7-18)20-8-10-21(11-9-20)16-5-3-2-4-6-16/h2-6,15H,8-14H2,1H3,(H,19,22). The zero-order valence-electron chi connectivity index (χ0n) is 13.6. The molecule has 1 N–H and O–H groups in total. The van der Waals surface area contributed by atoms with Crippen LogP contribution < -0.4 is 10.2 Å². The third-order valence-electron chi connectivity index (χ3n) is 4.05. The second kappa shape index (κ2) is 9.43. The van der Waals surface area contributed by atoms with E-state index in [0.717, 1.165) is 26.2 Å². The molecule has 0 bridgehead atoms. The van der Waals surface area contributed by atoms with E-state index in [1.54, 1.807) is 0 Å². The van der Waals surface area contributed by atoms with Crippen LogP contribution in [0.2, 0.25) is 0 Å². The number of nitrogens with zero attached hydrogens (tertiary/aromatic N) is 3. The molecule has 124 valence electrons. The summed E-state index contributed by atoms with van der Waals surface area (Å²) >= 11 is 1.35. The summed E-state index contributed by atoms with van der Waals surface area (Å²) in [5, 5.41) is 11.4. The number of rotatable bonds is 7. The molecule has 1 heterocycles. The summed E-state index contributed by atoms with van der Waals surface area (Å²) < 4.78 is 0. The van der Waals surface area contributed by atoms with Gasteiger partial charge in [0.05, 0.1) is 17.6 Å². The van der Waals surface area contributed by atoms with Crippen molar-refractivity contribution < 1.29 is 4.79 Å². The number of amides is 1. The fourth-order valence-electron chi connectivity index (χ4n) is 2.69. The summed E-state index contributed by atoms with van der Waals surface area (Å²) in [6, 6.07) is 12.8. The fraction of sp³-hybridized carbons (Fsp3) is 0.529. The van der Waals surface area contributed by atoms with E-state index in [9.17, 15) is 4.79 Å². The second-order valence-electron chi connectivity index (χ2n) is 5.66. The van der Waals surface area contributed by atoms with E-state index in [0.29, 0.717) is 24.1 Å². The number of anilines is 1. The predicted molar refractivity (Wildman–Crippen MR) is 95.6 cm³/mol. The summed E-state index contributed by atoms with van der Waals surface area (Å²) in [6.07, 6.45) is 0. The van der Waals surface area contributed by atoms with Gasteiger partial charge >= 0.3 is 0 Å². The molecule has 0 aromatic heterocycles. The molecule has 0 spiro atoms. The topological polar surface area (TPSA) is 59.4 Å². The first kappa shape index (κ1) is 17.6. The van der Waals surface area contributed by atoms with Gasteiger partial charge in [0.15, 0.2) is 0 Å². The third kappa shape index (κ3) is 5.77. The maximum atomic E-state index is 11.7. The zero-order valence-corrected chi connectivity index (χ0v) is 14.4. The van der Waals surface area contributed by atoms with Gasteiger partial charge < -0.3 is 10.2 Å². The minimum absolute atomic E-state index is 0.0139. The molecule has 1 amide bonds. The molecule has 1 fully saturated rings. The van der Waals surface area contributed by atoms with Crippen LogP contribution in [0, 0.1) is 11.3 Å². The number of hydrogen-bond donors (Lipinski definition) is 1. The first-order valence-electron chi connectivity index (χ1n) is 7.96. The molecule has 0 saturated carbocycles. The minimum atomic E-state index is 0.0139.